The van der Waals surface area contributed by atoms with Gasteiger partial charge in [0.2, 0.25) is 0 Å². The van der Waals surface area contributed by atoms with E-state index in [1.54, 1.807) is 0 Å². The van der Waals surface area contributed by atoms with Crippen molar-refractivity contribution in [3.05, 3.63) is 0 Å². The van der Waals surface area contributed by atoms with Gasteiger partial charge in [-0.25, -0.2) is 8.37 Å². The minimum absolute atomic E-state index is 0.139. The summed E-state index contributed by atoms with van der Waals surface area (Å²) in [5.74, 6) is 0. The summed E-state index contributed by atoms with van der Waals surface area (Å²) >= 11 is 0. The molecule has 0 heterocycles. The van der Waals surface area contributed by atoms with Gasteiger partial charge < -0.3 is 15.5 Å². The molecule has 0 saturated carbocycles. The lowest BCUT2D eigenvalue weighted by Gasteiger charge is -2.07. The predicted molar refractivity (Wildman–Crippen MR) is 188 cm³/mol. The molecule has 0 aromatic heterocycles. The van der Waals surface area contributed by atoms with E-state index in [0.717, 1.165) is 25.7 Å². The molecule has 0 rings (SSSR count). The van der Waals surface area contributed by atoms with Gasteiger partial charge in [0.1, 0.15) is 0 Å². The summed E-state index contributed by atoms with van der Waals surface area (Å²) in [7, 11) is -3.82. The molecule has 0 unspecified atom stereocenters. The fourth-order valence-corrected chi connectivity index (χ4v) is 5.94. The molecule has 0 aliphatic carbocycles. The number of aliphatic hydroxyl groups is 2. The largest absolute Gasteiger partial charge is 0.399 e. The Morgan fingerprint density at radius 2 is 0.636 bits per heavy atom. The van der Waals surface area contributed by atoms with E-state index in [1.165, 1.54) is 154 Å². The van der Waals surface area contributed by atoms with Gasteiger partial charge in [-0.2, -0.15) is 8.42 Å². The summed E-state index contributed by atoms with van der Waals surface area (Å²) in [5.41, 5.74) is 0. The van der Waals surface area contributed by atoms with Crippen LogP contribution in [0, 0.1) is 0 Å². The van der Waals surface area contributed by atoms with Crippen LogP contribution in [0.25, 0.3) is 0 Å². The minimum Gasteiger partial charge on any atom is -0.395 e. The van der Waals surface area contributed by atoms with E-state index in [-0.39, 0.29) is 26.4 Å². The maximum atomic E-state index is 11.9. The topological polar surface area (TPSA) is 105 Å². The summed E-state index contributed by atoms with van der Waals surface area (Å²) in [5, 5.41) is 19.1. The average molecular weight is 652 g/mol. The smallest absolute Gasteiger partial charge is 0.395 e. The Hall–Kier alpha value is -0.250. The monoisotopic (exact) mass is 652 g/mol. The summed E-state index contributed by atoms with van der Waals surface area (Å²) < 4.78 is 33.7. The molecule has 0 atom stereocenters. The van der Waals surface area contributed by atoms with Crippen molar-refractivity contribution in [3.63, 3.8) is 0 Å². The second kappa shape index (κ2) is 40.8. The van der Waals surface area contributed by atoms with Crippen LogP contribution in [0.3, 0.4) is 0 Å². The van der Waals surface area contributed by atoms with Crippen molar-refractivity contribution < 1.29 is 27.0 Å². The number of aliphatic hydroxyl groups excluding tert-OH is 2. The number of hydrogen-bond acceptors (Lipinski definition) is 7. The third-order valence-electron chi connectivity index (χ3n) is 8.03. The summed E-state index contributed by atoms with van der Waals surface area (Å²) in [4.78, 5) is 0. The highest BCUT2D eigenvalue weighted by Gasteiger charge is 2.11. The Morgan fingerprint density at radius 1 is 0.409 bits per heavy atom. The van der Waals surface area contributed by atoms with Crippen molar-refractivity contribution in [1.29, 1.82) is 0 Å². The molecular weight excluding hydrogens is 574 g/mol. The molecule has 0 saturated heterocycles. The molecule has 0 aliphatic heterocycles. The zero-order valence-corrected chi connectivity index (χ0v) is 30.3. The molecule has 8 heteroatoms. The third kappa shape index (κ3) is 43.9. The third-order valence-corrected chi connectivity index (χ3v) is 8.94. The number of unbranched alkanes of at least 4 members (excludes halogenated alkanes) is 26. The Labute approximate surface area is 275 Å². The minimum atomic E-state index is -3.82. The standard InChI is InChI=1S/C32H66O4S.C4H11NO2/c1-3-5-7-9-11-13-15-17-19-21-23-25-27-29-31-35-37(33,34)36-32-30-28-26-24-22-20-18-16-14-12-10-8-6-4-2;6-3-1-5-2-4-7/h3-32H2,1-2H3;5-7H,1-4H2. The maximum Gasteiger partial charge on any atom is 0.399 e. The lowest BCUT2D eigenvalue weighted by atomic mass is 10.0. The van der Waals surface area contributed by atoms with Gasteiger partial charge >= 0.3 is 10.4 Å². The van der Waals surface area contributed by atoms with Crippen molar-refractivity contribution in [2.24, 2.45) is 0 Å². The van der Waals surface area contributed by atoms with Gasteiger partial charge in [0.25, 0.3) is 0 Å². The molecule has 7 nitrogen and oxygen atoms in total. The van der Waals surface area contributed by atoms with Gasteiger partial charge in [-0.05, 0) is 12.8 Å². The Balaban J connectivity index is 0. The van der Waals surface area contributed by atoms with Crippen LogP contribution in [-0.4, -0.2) is 58.1 Å². The number of hydrogen-bond donors (Lipinski definition) is 3. The van der Waals surface area contributed by atoms with Gasteiger partial charge in [0.15, 0.2) is 0 Å². The van der Waals surface area contributed by atoms with E-state index in [0.29, 0.717) is 13.1 Å². The van der Waals surface area contributed by atoms with E-state index < -0.39 is 10.4 Å². The SMILES string of the molecule is CCCCCCCCCCCCCCCCOS(=O)(=O)OCCCCCCCCCCCCCCCC.OCCNCCO. The van der Waals surface area contributed by atoms with E-state index >= 15 is 0 Å². The van der Waals surface area contributed by atoms with Crippen LogP contribution >= 0.6 is 0 Å². The fourth-order valence-electron chi connectivity index (χ4n) is 5.23. The van der Waals surface area contributed by atoms with Crippen molar-refractivity contribution >= 4 is 10.4 Å². The molecular formula is C36H77NO6S. The van der Waals surface area contributed by atoms with Gasteiger partial charge in [-0.3, -0.25) is 0 Å². The predicted octanol–water partition coefficient (Wildman–Crippen LogP) is 9.79. The summed E-state index contributed by atoms with van der Waals surface area (Å²) in [6, 6.07) is 0. The van der Waals surface area contributed by atoms with Crippen molar-refractivity contribution in [2.75, 3.05) is 39.5 Å². The van der Waals surface area contributed by atoms with Crippen LogP contribution in [0.2, 0.25) is 0 Å². The first-order valence-corrected chi connectivity index (χ1v) is 20.3. The molecule has 0 aliphatic rings. The van der Waals surface area contributed by atoms with E-state index in [2.05, 4.69) is 19.2 Å². The Bertz CT molecular complexity index is 561. The van der Waals surface area contributed by atoms with Crippen LogP contribution in [0.15, 0.2) is 0 Å². The van der Waals surface area contributed by atoms with Crippen molar-refractivity contribution in [1.82, 2.24) is 5.32 Å². The lowest BCUT2D eigenvalue weighted by molar-refractivity contribution is 0.208. The zero-order valence-electron chi connectivity index (χ0n) is 29.5. The molecule has 268 valence electrons. The Morgan fingerprint density at radius 3 is 0.864 bits per heavy atom. The number of nitrogens with one attached hydrogen (secondary N) is 1. The first kappa shape index (κ1) is 45.9. The van der Waals surface area contributed by atoms with E-state index in [4.69, 9.17) is 18.6 Å². The van der Waals surface area contributed by atoms with Crippen molar-refractivity contribution in [2.45, 2.75) is 194 Å². The second-order valence-corrected chi connectivity index (χ2v) is 13.7. The fraction of sp³-hybridized carbons (Fsp3) is 1.00. The average Bonchev–Trinajstić information content (AvgIpc) is 3.01. The molecule has 0 radical (unpaired) electrons. The second-order valence-electron chi connectivity index (χ2n) is 12.4. The highest BCUT2D eigenvalue weighted by Crippen LogP contribution is 2.15. The van der Waals surface area contributed by atoms with Gasteiger partial charge in [0, 0.05) is 13.1 Å². The van der Waals surface area contributed by atoms with Gasteiger partial charge in [0.05, 0.1) is 26.4 Å². The van der Waals surface area contributed by atoms with Gasteiger partial charge in [-0.1, -0.05) is 181 Å². The first-order valence-electron chi connectivity index (χ1n) is 19.0. The van der Waals surface area contributed by atoms with Gasteiger partial charge in [-0.15, -0.1) is 0 Å². The molecule has 0 amide bonds. The molecule has 0 fully saturated rings. The molecule has 0 aromatic rings. The van der Waals surface area contributed by atoms with Crippen LogP contribution in [0.5, 0.6) is 0 Å². The summed E-state index contributed by atoms with van der Waals surface area (Å²) in [6.07, 6.45) is 36.0. The Kier molecular flexibility index (Phi) is 42.5. The zero-order chi connectivity index (χ0) is 32.7. The first-order chi connectivity index (χ1) is 21.5. The molecule has 44 heavy (non-hydrogen) atoms. The molecule has 0 spiro atoms. The van der Waals surface area contributed by atoms with E-state index in [9.17, 15) is 8.42 Å². The molecule has 3 N–H and O–H groups in total. The molecule has 0 bridgehead atoms. The highest BCUT2D eigenvalue weighted by molar-refractivity contribution is 7.81. The van der Waals surface area contributed by atoms with Crippen LogP contribution in [0.1, 0.15) is 194 Å². The normalized spacial score (nSPS) is 11.5. The van der Waals surface area contributed by atoms with Crippen molar-refractivity contribution in [3.8, 4) is 0 Å². The maximum absolute atomic E-state index is 11.9. The lowest BCUT2D eigenvalue weighted by Crippen LogP contribution is -2.21. The van der Waals surface area contributed by atoms with Crippen LogP contribution in [-0.2, 0) is 18.8 Å². The van der Waals surface area contributed by atoms with Crippen LogP contribution in [0.4, 0.5) is 0 Å². The highest BCUT2D eigenvalue weighted by atomic mass is 32.3. The quantitative estimate of drug-likeness (QED) is 0.0579. The summed E-state index contributed by atoms with van der Waals surface area (Å²) in [6.45, 7) is 6.46. The number of rotatable bonds is 36. The van der Waals surface area contributed by atoms with Crippen LogP contribution < -0.4 is 5.32 Å². The van der Waals surface area contributed by atoms with E-state index in [1.807, 2.05) is 0 Å². The molecule has 0 aromatic carbocycles.